The van der Waals surface area contributed by atoms with Crippen LogP contribution in [0.25, 0.3) is 0 Å². The van der Waals surface area contributed by atoms with E-state index in [4.69, 9.17) is 9.84 Å². The van der Waals surface area contributed by atoms with Crippen molar-refractivity contribution in [1.29, 1.82) is 0 Å². The molecule has 0 heterocycles. The standard InChI is InChI=1S/C12H13NO5/c14-12(15)6-9-3-4-11(10(5-9)13(16)17)18-7-8-1-2-8/h3-5,8H,1-2,6-7H2,(H,14,15). The Hall–Kier alpha value is -2.11. The van der Waals surface area contributed by atoms with Gasteiger partial charge in [-0.25, -0.2) is 0 Å². The maximum Gasteiger partial charge on any atom is 0.311 e. The first kappa shape index (κ1) is 12.3. The van der Waals surface area contributed by atoms with E-state index >= 15 is 0 Å². The summed E-state index contributed by atoms with van der Waals surface area (Å²) in [5.41, 5.74) is 0.224. The lowest BCUT2D eigenvalue weighted by Gasteiger charge is -2.07. The van der Waals surface area contributed by atoms with Gasteiger partial charge in [-0.2, -0.15) is 0 Å². The van der Waals surface area contributed by atoms with Crippen molar-refractivity contribution in [2.24, 2.45) is 5.92 Å². The Morgan fingerprint density at radius 3 is 2.78 bits per heavy atom. The van der Waals surface area contributed by atoms with Crippen molar-refractivity contribution in [3.8, 4) is 5.75 Å². The van der Waals surface area contributed by atoms with Crippen molar-refractivity contribution in [3.05, 3.63) is 33.9 Å². The molecule has 1 N–H and O–H groups in total. The highest BCUT2D eigenvalue weighted by Gasteiger charge is 2.24. The molecule has 0 aliphatic heterocycles. The van der Waals surface area contributed by atoms with Crippen LogP contribution in [-0.4, -0.2) is 22.6 Å². The van der Waals surface area contributed by atoms with Crippen LogP contribution in [0.15, 0.2) is 18.2 Å². The van der Waals surface area contributed by atoms with E-state index in [0.717, 1.165) is 12.8 Å². The van der Waals surface area contributed by atoms with Gasteiger partial charge in [0.25, 0.3) is 0 Å². The number of nitro benzene ring substituents is 1. The molecule has 18 heavy (non-hydrogen) atoms. The largest absolute Gasteiger partial charge is 0.487 e. The topological polar surface area (TPSA) is 89.7 Å². The van der Waals surface area contributed by atoms with Gasteiger partial charge < -0.3 is 9.84 Å². The van der Waals surface area contributed by atoms with Gasteiger partial charge in [-0.1, -0.05) is 6.07 Å². The van der Waals surface area contributed by atoms with Crippen molar-refractivity contribution < 1.29 is 19.6 Å². The minimum Gasteiger partial charge on any atom is -0.487 e. The zero-order valence-electron chi connectivity index (χ0n) is 9.67. The van der Waals surface area contributed by atoms with E-state index in [2.05, 4.69) is 0 Å². The molecule has 0 bridgehead atoms. The van der Waals surface area contributed by atoms with E-state index < -0.39 is 10.9 Å². The second-order valence-electron chi connectivity index (χ2n) is 4.38. The lowest BCUT2D eigenvalue weighted by molar-refractivity contribution is -0.385. The lowest BCUT2D eigenvalue weighted by Crippen LogP contribution is -2.04. The summed E-state index contributed by atoms with van der Waals surface area (Å²) in [5, 5.41) is 19.5. The Labute approximate surface area is 103 Å². The van der Waals surface area contributed by atoms with Crippen LogP contribution in [0.3, 0.4) is 0 Å². The predicted molar refractivity (Wildman–Crippen MR) is 62.7 cm³/mol. The molecule has 0 spiro atoms. The van der Waals surface area contributed by atoms with Gasteiger partial charge in [-0.15, -0.1) is 0 Å². The molecular weight excluding hydrogens is 238 g/mol. The van der Waals surface area contributed by atoms with Gasteiger partial charge in [0.15, 0.2) is 5.75 Å². The number of rotatable bonds is 6. The number of hydrogen-bond acceptors (Lipinski definition) is 4. The van der Waals surface area contributed by atoms with E-state index in [-0.39, 0.29) is 17.9 Å². The van der Waals surface area contributed by atoms with Crippen LogP contribution in [0, 0.1) is 16.0 Å². The van der Waals surface area contributed by atoms with Gasteiger partial charge in [0.05, 0.1) is 18.0 Å². The summed E-state index contributed by atoms with van der Waals surface area (Å²) in [6, 6.07) is 4.28. The number of nitrogens with zero attached hydrogens (tertiary/aromatic N) is 1. The molecule has 1 saturated carbocycles. The minimum atomic E-state index is -1.02. The monoisotopic (exact) mass is 251 g/mol. The van der Waals surface area contributed by atoms with Crippen molar-refractivity contribution in [2.75, 3.05) is 6.61 Å². The number of aliphatic carboxylic acids is 1. The highest BCUT2D eigenvalue weighted by molar-refractivity contribution is 5.71. The lowest BCUT2D eigenvalue weighted by atomic mass is 10.1. The Kier molecular flexibility index (Phi) is 3.45. The Bertz CT molecular complexity index is 481. The van der Waals surface area contributed by atoms with E-state index in [1.807, 2.05) is 0 Å². The van der Waals surface area contributed by atoms with Crippen molar-refractivity contribution in [1.82, 2.24) is 0 Å². The van der Waals surface area contributed by atoms with Crippen molar-refractivity contribution >= 4 is 11.7 Å². The summed E-state index contributed by atoms with van der Waals surface area (Å²) in [6.07, 6.45) is 1.97. The van der Waals surface area contributed by atoms with Crippen molar-refractivity contribution in [2.45, 2.75) is 19.3 Å². The molecule has 0 atom stereocenters. The molecule has 0 radical (unpaired) electrons. The molecule has 1 aliphatic rings. The van der Waals surface area contributed by atoms with Crippen LogP contribution in [0.2, 0.25) is 0 Å². The predicted octanol–water partition coefficient (Wildman–Crippen LogP) is 2.01. The Balaban J connectivity index is 2.16. The Morgan fingerprint density at radius 2 is 2.22 bits per heavy atom. The third-order valence-electron chi connectivity index (χ3n) is 2.75. The number of carboxylic acids is 1. The highest BCUT2D eigenvalue weighted by Crippen LogP contribution is 2.33. The zero-order chi connectivity index (χ0) is 13.1. The molecule has 1 aromatic rings. The second-order valence-corrected chi connectivity index (χ2v) is 4.38. The summed E-state index contributed by atoms with van der Waals surface area (Å²) in [4.78, 5) is 20.9. The van der Waals surface area contributed by atoms with Gasteiger partial charge in [0.2, 0.25) is 0 Å². The smallest absolute Gasteiger partial charge is 0.311 e. The van der Waals surface area contributed by atoms with Crippen LogP contribution in [0.1, 0.15) is 18.4 Å². The first-order valence-corrected chi connectivity index (χ1v) is 5.68. The van der Waals surface area contributed by atoms with E-state index in [1.54, 1.807) is 6.07 Å². The molecule has 96 valence electrons. The van der Waals surface area contributed by atoms with Crippen LogP contribution in [0.5, 0.6) is 5.75 Å². The number of hydrogen-bond donors (Lipinski definition) is 1. The van der Waals surface area contributed by atoms with Gasteiger partial charge in [-0.3, -0.25) is 14.9 Å². The maximum atomic E-state index is 10.9. The summed E-state index contributed by atoms with van der Waals surface area (Å²) >= 11 is 0. The maximum absolute atomic E-state index is 10.9. The average Bonchev–Trinajstić information content (AvgIpc) is 3.10. The number of benzene rings is 1. The first-order valence-electron chi connectivity index (χ1n) is 5.68. The third-order valence-corrected chi connectivity index (χ3v) is 2.75. The zero-order valence-corrected chi connectivity index (χ0v) is 9.67. The molecule has 1 fully saturated rings. The molecule has 0 aromatic heterocycles. The molecule has 1 aliphatic carbocycles. The fourth-order valence-corrected chi connectivity index (χ4v) is 1.60. The van der Waals surface area contributed by atoms with E-state index in [9.17, 15) is 14.9 Å². The van der Waals surface area contributed by atoms with Gasteiger partial charge in [0, 0.05) is 6.07 Å². The fraction of sp³-hybridized carbons (Fsp3) is 0.417. The number of carboxylic acid groups (broad SMARTS) is 1. The number of nitro groups is 1. The molecule has 0 unspecified atom stereocenters. The molecule has 6 heteroatoms. The molecule has 0 amide bonds. The normalized spacial score (nSPS) is 14.2. The van der Waals surface area contributed by atoms with Gasteiger partial charge in [0.1, 0.15) is 0 Å². The molecule has 0 saturated heterocycles. The Morgan fingerprint density at radius 1 is 1.50 bits per heavy atom. The first-order chi connectivity index (χ1) is 8.56. The summed E-state index contributed by atoms with van der Waals surface area (Å²) in [5.74, 6) is -0.305. The molecule has 2 rings (SSSR count). The fourth-order valence-electron chi connectivity index (χ4n) is 1.60. The molecule has 6 nitrogen and oxygen atoms in total. The quantitative estimate of drug-likeness (QED) is 0.617. The van der Waals surface area contributed by atoms with Crippen LogP contribution in [-0.2, 0) is 11.2 Å². The minimum absolute atomic E-state index is 0.172. The SMILES string of the molecule is O=C(O)Cc1ccc(OCC2CC2)c([N+](=O)[O-])c1. The third kappa shape index (κ3) is 3.19. The van der Waals surface area contributed by atoms with E-state index in [0.29, 0.717) is 18.1 Å². The van der Waals surface area contributed by atoms with Crippen LogP contribution >= 0.6 is 0 Å². The average molecular weight is 251 g/mol. The summed E-state index contributed by atoms with van der Waals surface area (Å²) in [7, 11) is 0. The summed E-state index contributed by atoms with van der Waals surface area (Å²) < 4.78 is 5.39. The van der Waals surface area contributed by atoms with Crippen LogP contribution in [0.4, 0.5) is 5.69 Å². The number of ether oxygens (including phenoxy) is 1. The van der Waals surface area contributed by atoms with E-state index in [1.165, 1.54) is 12.1 Å². The van der Waals surface area contributed by atoms with Crippen molar-refractivity contribution in [3.63, 3.8) is 0 Å². The number of carbonyl (C=O) groups is 1. The molecule has 1 aromatic carbocycles. The van der Waals surface area contributed by atoms with Gasteiger partial charge in [-0.05, 0) is 30.4 Å². The summed E-state index contributed by atoms with van der Waals surface area (Å²) in [6.45, 7) is 0.485. The highest BCUT2D eigenvalue weighted by atomic mass is 16.6. The van der Waals surface area contributed by atoms with Gasteiger partial charge >= 0.3 is 11.7 Å². The van der Waals surface area contributed by atoms with Crippen LogP contribution < -0.4 is 4.74 Å². The second kappa shape index (κ2) is 5.03. The molecular formula is C12H13NO5.